The third kappa shape index (κ3) is 4.94. The van der Waals surface area contributed by atoms with Crippen molar-refractivity contribution in [2.45, 2.75) is 12.0 Å². The minimum Gasteiger partial charge on any atom is -0.466 e. The van der Waals surface area contributed by atoms with E-state index in [4.69, 9.17) is 0 Å². The highest BCUT2D eigenvalue weighted by Crippen LogP contribution is 2.32. The fourth-order valence-electron chi connectivity index (χ4n) is 2.32. The zero-order chi connectivity index (χ0) is 16.5. The van der Waals surface area contributed by atoms with Crippen molar-refractivity contribution >= 4 is 5.97 Å². The number of benzene rings is 2. The van der Waals surface area contributed by atoms with E-state index in [0.717, 1.165) is 11.1 Å². The summed E-state index contributed by atoms with van der Waals surface area (Å²) in [5, 5.41) is 10.7. The fourth-order valence-corrected chi connectivity index (χ4v) is 2.32. The van der Waals surface area contributed by atoms with Crippen molar-refractivity contribution in [3.8, 4) is 0 Å². The Kier molecular flexibility index (Phi) is 6.33. The van der Waals surface area contributed by atoms with Gasteiger partial charge in [0, 0.05) is 12.0 Å². The molecule has 118 valence electrons. The summed E-state index contributed by atoms with van der Waals surface area (Å²) in [6.07, 6.45) is 5.92. The van der Waals surface area contributed by atoms with E-state index in [9.17, 15) is 9.90 Å². The second-order valence-corrected chi connectivity index (χ2v) is 5.06. The lowest BCUT2D eigenvalue weighted by atomic mass is 9.89. The topological polar surface area (TPSA) is 46.5 Å². The van der Waals surface area contributed by atoms with Gasteiger partial charge in [-0.1, -0.05) is 78.9 Å². The molecule has 0 heterocycles. The van der Waals surface area contributed by atoms with Crippen LogP contribution in [0.4, 0.5) is 0 Å². The van der Waals surface area contributed by atoms with Crippen LogP contribution in [0.15, 0.2) is 85.0 Å². The predicted molar refractivity (Wildman–Crippen MR) is 90.9 cm³/mol. The van der Waals surface area contributed by atoms with Gasteiger partial charge in [-0.15, -0.1) is 0 Å². The van der Waals surface area contributed by atoms with Crippen LogP contribution in [0.1, 0.15) is 23.1 Å². The molecule has 0 aromatic heterocycles. The van der Waals surface area contributed by atoms with Gasteiger partial charge in [-0.2, -0.15) is 0 Å². The van der Waals surface area contributed by atoms with E-state index in [1.807, 2.05) is 66.7 Å². The van der Waals surface area contributed by atoms with Crippen LogP contribution in [0.3, 0.4) is 0 Å². The van der Waals surface area contributed by atoms with E-state index in [-0.39, 0.29) is 5.92 Å². The number of carbonyl (C=O) groups is 1. The molecule has 1 N–H and O–H groups in total. The van der Waals surface area contributed by atoms with Gasteiger partial charge in [-0.05, 0) is 11.1 Å². The Hall–Kier alpha value is -2.65. The van der Waals surface area contributed by atoms with Crippen LogP contribution in [-0.2, 0) is 9.53 Å². The van der Waals surface area contributed by atoms with E-state index < -0.39 is 12.1 Å². The highest BCUT2D eigenvalue weighted by Gasteiger charge is 2.19. The minimum absolute atomic E-state index is 0.208. The summed E-state index contributed by atoms with van der Waals surface area (Å²) in [5.74, 6) is -0.615. The molecule has 0 aliphatic heterocycles. The molecule has 0 amide bonds. The molecule has 0 fully saturated rings. The summed E-state index contributed by atoms with van der Waals surface area (Å²) >= 11 is 0. The molecule has 3 nitrogen and oxygen atoms in total. The highest BCUT2D eigenvalue weighted by molar-refractivity contribution is 5.82. The van der Waals surface area contributed by atoms with Crippen LogP contribution < -0.4 is 0 Å². The van der Waals surface area contributed by atoms with Crippen molar-refractivity contribution in [1.82, 2.24) is 0 Å². The van der Waals surface area contributed by atoms with Crippen molar-refractivity contribution in [1.29, 1.82) is 0 Å². The summed E-state index contributed by atoms with van der Waals surface area (Å²) in [6, 6.07) is 19.3. The largest absolute Gasteiger partial charge is 0.466 e. The number of aliphatic hydroxyl groups excluding tert-OH is 1. The molecule has 0 spiro atoms. The number of aliphatic hydroxyl groups is 1. The number of hydrogen-bond acceptors (Lipinski definition) is 3. The molecule has 2 atom stereocenters. The Balaban J connectivity index is 2.24. The van der Waals surface area contributed by atoms with Crippen LogP contribution in [-0.4, -0.2) is 18.2 Å². The molecule has 0 saturated carbocycles. The summed E-state index contributed by atoms with van der Waals surface area (Å²) in [6.45, 7) is 0. The Bertz CT molecular complexity index is 660. The molecule has 2 rings (SSSR count). The monoisotopic (exact) mass is 308 g/mol. The maximum absolute atomic E-state index is 11.1. The molecule has 0 saturated heterocycles. The number of methoxy groups -OCH3 is 1. The number of ether oxygens (including phenoxy) is 1. The summed E-state index contributed by atoms with van der Waals surface area (Å²) in [7, 11) is 1.34. The zero-order valence-corrected chi connectivity index (χ0v) is 13.0. The van der Waals surface area contributed by atoms with Crippen LogP contribution in [0.2, 0.25) is 0 Å². The van der Waals surface area contributed by atoms with Crippen molar-refractivity contribution in [3.63, 3.8) is 0 Å². The Morgan fingerprint density at radius 3 is 2.09 bits per heavy atom. The molecular formula is C20H20O3. The smallest absolute Gasteiger partial charge is 0.330 e. The maximum Gasteiger partial charge on any atom is 0.330 e. The van der Waals surface area contributed by atoms with Gasteiger partial charge < -0.3 is 9.84 Å². The van der Waals surface area contributed by atoms with Crippen LogP contribution in [0, 0.1) is 0 Å². The first kappa shape index (κ1) is 16.7. The van der Waals surface area contributed by atoms with Crippen LogP contribution in [0.5, 0.6) is 0 Å². The van der Waals surface area contributed by atoms with Gasteiger partial charge in [-0.3, -0.25) is 0 Å². The summed E-state index contributed by atoms with van der Waals surface area (Å²) in [5.41, 5.74) is 1.86. The van der Waals surface area contributed by atoms with Crippen LogP contribution in [0.25, 0.3) is 0 Å². The van der Waals surface area contributed by atoms with E-state index in [0.29, 0.717) is 0 Å². The lowest BCUT2D eigenvalue weighted by Gasteiger charge is -2.20. The average Bonchev–Trinajstić information content (AvgIpc) is 2.62. The summed E-state index contributed by atoms with van der Waals surface area (Å²) in [4.78, 5) is 11.1. The summed E-state index contributed by atoms with van der Waals surface area (Å²) < 4.78 is 4.55. The Morgan fingerprint density at radius 2 is 1.52 bits per heavy atom. The van der Waals surface area contributed by atoms with Gasteiger partial charge >= 0.3 is 5.97 Å². The first-order valence-electron chi connectivity index (χ1n) is 7.43. The maximum atomic E-state index is 11.1. The van der Waals surface area contributed by atoms with Gasteiger partial charge in [-0.25, -0.2) is 4.79 Å². The number of allylic oxidation sites excluding steroid dienone is 2. The van der Waals surface area contributed by atoms with Crippen molar-refractivity contribution in [2.75, 3.05) is 7.11 Å². The average molecular weight is 308 g/mol. The second kappa shape index (κ2) is 8.71. The van der Waals surface area contributed by atoms with Crippen molar-refractivity contribution < 1.29 is 14.6 Å². The Labute approximate surface area is 136 Å². The third-order valence-corrected chi connectivity index (χ3v) is 3.53. The molecule has 0 radical (unpaired) electrons. The van der Waals surface area contributed by atoms with Gasteiger partial charge in [0.15, 0.2) is 0 Å². The lowest BCUT2D eigenvalue weighted by molar-refractivity contribution is -0.134. The molecule has 3 heteroatoms. The van der Waals surface area contributed by atoms with Gasteiger partial charge in [0.2, 0.25) is 0 Å². The quantitative estimate of drug-likeness (QED) is 0.502. The predicted octanol–water partition coefficient (Wildman–Crippen LogP) is 3.79. The molecular weight excluding hydrogens is 288 g/mol. The van der Waals surface area contributed by atoms with E-state index >= 15 is 0 Å². The SMILES string of the molecule is COC(=O)/C=C/C=C\[C@H](c1ccccc1)[C@H](O)c1ccccc1. The van der Waals surface area contributed by atoms with Crippen molar-refractivity contribution in [3.05, 3.63) is 96.1 Å². The van der Waals surface area contributed by atoms with Crippen molar-refractivity contribution in [2.24, 2.45) is 0 Å². The highest BCUT2D eigenvalue weighted by atomic mass is 16.5. The second-order valence-electron chi connectivity index (χ2n) is 5.06. The first-order chi connectivity index (χ1) is 11.2. The number of esters is 1. The molecule has 0 aliphatic carbocycles. The first-order valence-corrected chi connectivity index (χ1v) is 7.43. The zero-order valence-electron chi connectivity index (χ0n) is 13.0. The number of carbonyl (C=O) groups excluding carboxylic acids is 1. The molecule has 0 unspecified atom stereocenters. The van der Waals surface area contributed by atoms with E-state index in [1.54, 1.807) is 12.2 Å². The normalized spacial score (nSPS) is 14.0. The van der Waals surface area contributed by atoms with Crippen LogP contribution >= 0.6 is 0 Å². The molecule has 2 aromatic rings. The Morgan fingerprint density at radius 1 is 0.957 bits per heavy atom. The molecule has 0 bridgehead atoms. The van der Waals surface area contributed by atoms with Gasteiger partial charge in [0.1, 0.15) is 0 Å². The fraction of sp³-hybridized carbons (Fsp3) is 0.150. The lowest BCUT2D eigenvalue weighted by Crippen LogP contribution is -2.08. The minimum atomic E-state index is -0.665. The van der Waals surface area contributed by atoms with Gasteiger partial charge in [0.05, 0.1) is 13.2 Å². The van der Waals surface area contributed by atoms with E-state index in [1.165, 1.54) is 13.2 Å². The third-order valence-electron chi connectivity index (χ3n) is 3.53. The standard InChI is InChI=1S/C20H20O3/c1-23-19(21)15-9-8-14-18(16-10-4-2-5-11-16)20(22)17-12-6-3-7-13-17/h2-15,18,20,22H,1H3/b14-8-,15-9+/t18-,20-/m1/s1. The van der Waals surface area contributed by atoms with E-state index in [2.05, 4.69) is 4.74 Å². The number of hydrogen-bond donors (Lipinski definition) is 1. The molecule has 23 heavy (non-hydrogen) atoms. The molecule has 0 aliphatic rings. The molecule has 2 aromatic carbocycles. The van der Waals surface area contributed by atoms with Gasteiger partial charge in [0.25, 0.3) is 0 Å². The number of rotatable bonds is 6.